The number of hydrogen-bond acceptors (Lipinski definition) is 5. The molecular formula is C20H26N4O2. The van der Waals surface area contributed by atoms with Crippen molar-refractivity contribution >= 4 is 11.6 Å². The molecule has 0 bridgehead atoms. The predicted octanol–water partition coefficient (Wildman–Crippen LogP) is 2.16. The van der Waals surface area contributed by atoms with Crippen molar-refractivity contribution < 1.29 is 9.53 Å². The predicted molar refractivity (Wildman–Crippen MR) is 103 cm³/mol. The van der Waals surface area contributed by atoms with E-state index in [4.69, 9.17) is 4.74 Å². The second-order valence-electron chi connectivity index (χ2n) is 6.35. The van der Waals surface area contributed by atoms with Crippen LogP contribution in [0.4, 0.5) is 5.69 Å². The number of benzene rings is 1. The van der Waals surface area contributed by atoms with Crippen LogP contribution in [-0.2, 0) is 6.54 Å². The highest BCUT2D eigenvalue weighted by Crippen LogP contribution is 2.18. The summed E-state index contributed by atoms with van der Waals surface area (Å²) in [5, 5.41) is 2.95. The zero-order chi connectivity index (χ0) is 18.4. The quantitative estimate of drug-likeness (QED) is 0.862. The van der Waals surface area contributed by atoms with Gasteiger partial charge in [-0.1, -0.05) is 25.1 Å². The summed E-state index contributed by atoms with van der Waals surface area (Å²) >= 11 is 0. The Morgan fingerprint density at radius 1 is 1.19 bits per heavy atom. The molecule has 2 aromatic rings. The van der Waals surface area contributed by atoms with Gasteiger partial charge >= 0.3 is 0 Å². The van der Waals surface area contributed by atoms with Crippen LogP contribution in [-0.4, -0.2) is 55.6 Å². The van der Waals surface area contributed by atoms with Crippen molar-refractivity contribution in [2.75, 3.05) is 44.7 Å². The molecule has 0 aliphatic carbocycles. The number of carbonyl (C=O) groups excluding carboxylic acids is 1. The molecule has 0 atom stereocenters. The van der Waals surface area contributed by atoms with Crippen LogP contribution in [0.1, 0.15) is 22.8 Å². The Morgan fingerprint density at radius 2 is 1.96 bits per heavy atom. The fourth-order valence-corrected chi connectivity index (χ4v) is 3.17. The first-order valence-corrected chi connectivity index (χ1v) is 9.03. The van der Waals surface area contributed by atoms with E-state index in [1.54, 1.807) is 13.3 Å². The minimum atomic E-state index is -0.127. The van der Waals surface area contributed by atoms with Crippen LogP contribution in [0.25, 0.3) is 0 Å². The van der Waals surface area contributed by atoms with Crippen molar-refractivity contribution in [1.29, 1.82) is 0 Å². The van der Waals surface area contributed by atoms with Gasteiger partial charge in [-0.15, -0.1) is 0 Å². The number of nitrogens with zero attached hydrogens (tertiary/aromatic N) is 3. The van der Waals surface area contributed by atoms with E-state index in [0.717, 1.165) is 49.7 Å². The standard InChI is InChI=1S/C20H26N4O2/c1-3-23-8-10-24(11-9-23)18-12-17(13-21-15-18)20(25)22-14-16-6-4-5-7-19(16)26-2/h4-7,12-13,15H,3,8-11,14H2,1-2H3,(H,22,25). The average molecular weight is 354 g/mol. The summed E-state index contributed by atoms with van der Waals surface area (Å²) in [4.78, 5) is 21.5. The maximum Gasteiger partial charge on any atom is 0.253 e. The van der Waals surface area contributed by atoms with Crippen LogP contribution in [0.2, 0.25) is 0 Å². The molecule has 1 amide bonds. The Labute approximate surface area is 154 Å². The number of ether oxygens (including phenoxy) is 1. The van der Waals surface area contributed by atoms with Crippen LogP contribution in [0.5, 0.6) is 5.75 Å². The van der Waals surface area contributed by atoms with E-state index in [0.29, 0.717) is 12.1 Å². The van der Waals surface area contributed by atoms with Gasteiger partial charge in [0.25, 0.3) is 5.91 Å². The first-order chi connectivity index (χ1) is 12.7. The number of carbonyl (C=O) groups is 1. The molecule has 138 valence electrons. The van der Waals surface area contributed by atoms with Gasteiger partial charge in [0.05, 0.1) is 24.6 Å². The van der Waals surface area contributed by atoms with Gasteiger partial charge in [0.2, 0.25) is 0 Å². The highest BCUT2D eigenvalue weighted by Gasteiger charge is 2.17. The Morgan fingerprint density at radius 3 is 2.69 bits per heavy atom. The monoisotopic (exact) mass is 354 g/mol. The summed E-state index contributed by atoms with van der Waals surface area (Å²) in [7, 11) is 1.63. The van der Waals surface area contributed by atoms with Gasteiger partial charge in [-0.3, -0.25) is 9.78 Å². The third-order valence-corrected chi connectivity index (χ3v) is 4.80. The van der Waals surface area contributed by atoms with Crippen LogP contribution in [0.15, 0.2) is 42.7 Å². The number of methoxy groups -OCH3 is 1. The lowest BCUT2D eigenvalue weighted by molar-refractivity contribution is 0.0950. The molecule has 1 aliphatic heterocycles. The Bertz CT molecular complexity index is 742. The minimum absolute atomic E-state index is 0.127. The smallest absolute Gasteiger partial charge is 0.253 e. The fraction of sp³-hybridized carbons (Fsp3) is 0.400. The first-order valence-electron chi connectivity index (χ1n) is 9.03. The van der Waals surface area contributed by atoms with E-state index in [2.05, 4.69) is 27.0 Å². The lowest BCUT2D eigenvalue weighted by Crippen LogP contribution is -2.46. The summed E-state index contributed by atoms with van der Waals surface area (Å²) in [6, 6.07) is 9.60. The molecule has 2 heterocycles. The van der Waals surface area contributed by atoms with Crippen LogP contribution in [0.3, 0.4) is 0 Å². The Balaban J connectivity index is 1.63. The number of piperazine rings is 1. The zero-order valence-electron chi connectivity index (χ0n) is 15.4. The molecule has 6 nitrogen and oxygen atoms in total. The number of pyridine rings is 1. The number of aromatic nitrogens is 1. The number of likely N-dealkylation sites (N-methyl/N-ethyl adjacent to an activating group) is 1. The summed E-state index contributed by atoms with van der Waals surface area (Å²) < 4.78 is 5.33. The van der Waals surface area contributed by atoms with Gasteiger partial charge < -0.3 is 19.9 Å². The first kappa shape index (κ1) is 18.2. The van der Waals surface area contributed by atoms with Gasteiger partial charge in [-0.2, -0.15) is 0 Å². The van der Waals surface area contributed by atoms with Crippen molar-refractivity contribution in [3.8, 4) is 5.75 Å². The molecule has 1 aliphatic rings. The third-order valence-electron chi connectivity index (χ3n) is 4.80. The summed E-state index contributed by atoms with van der Waals surface area (Å²) in [5.41, 5.74) is 2.53. The molecule has 1 aromatic carbocycles. The van der Waals surface area contributed by atoms with Crippen molar-refractivity contribution in [2.45, 2.75) is 13.5 Å². The van der Waals surface area contributed by atoms with Crippen molar-refractivity contribution in [3.05, 3.63) is 53.9 Å². The van der Waals surface area contributed by atoms with E-state index in [-0.39, 0.29) is 5.91 Å². The molecule has 1 fully saturated rings. The summed E-state index contributed by atoms with van der Waals surface area (Å²) in [6.45, 7) is 7.69. The number of amides is 1. The van der Waals surface area contributed by atoms with Gasteiger partial charge in [0.15, 0.2) is 0 Å². The third kappa shape index (κ3) is 4.32. The Hall–Kier alpha value is -2.60. The van der Waals surface area contributed by atoms with Crippen LogP contribution in [0, 0.1) is 0 Å². The van der Waals surface area contributed by atoms with Gasteiger partial charge in [0, 0.05) is 44.5 Å². The van der Waals surface area contributed by atoms with E-state index in [1.165, 1.54) is 0 Å². The minimum Gasteiger partial charge on any atom is -0.496 e. The van der Waals surface area contributed by atoms with Gasteiger partial charge in [-0.25, -0.2) is 0 Å². The van der Waals surface area contributed by atoms with Crippen molar-refractivity contribution in [3.63, 3.8) is 0 Å². The number of para-hydroxylation sites is 1. The molecule has 1 saturated heterocycles. The Kier molecular flexibility index (Phi) is 6.07. The zero-order valence-corrected chi connectivity index (χ0v) is 15.4. The number of rotatable bonds is 6. The van der Waals surface area contributed by atoms with E-state index in [1.807, 2.05) is 36.5 Å². The van der Waals surface area contributed by atoms with Crippen LogP contribution < -0.4 is 15.0 Å². The molecule has 0 saturated carbocycles. The van der Waals surface area contributed by atoms with E-state index < -0.39 is 0 Å². The van der Waals surface area contributed by atoms with E-state index in [9.17, 15) is 4.79 Å². The lowest BCUT2D eigenvalue weighted by Gasteiger charge is -2.35. The van der Waals surface area contributed by atoms with Crippen molar-refractivity contribution in [1.82, 2.24) is 15.2 Å². The molecule has 0 unspecified atom stereocenters. The van der Waals surface area contributed by atoms with Gasteiger partial charge in [0.1, 0.15) is 5.75 Å². The lowest BCUT2D eigenvalue weighted by atomic mass is 10.2. The number of hydrogen-bond donors (Lipinski definition) is 1. The average Bonchev–Trinajstić information content (AvgIpc) is 2.72. The molecule has 1 N–H and O–H groups in total. The van der Waals surface area contributed by atoms with Gasteiger partial charge in [-0.05, 0) is 18.7 Å². The van der Waals surface area contributed by atoms with Crippen LogP contribution >= 0.6 is 0 Å². The van der Waals surface area contributed by atoms with E-state index >= 15 is 0 Å². The fourth-order valence-electron chi connectivity index (χ4n) is 3.17. The molecule has 26 heavy (non-hydrogen) atoms. The number of nitrogens with one attached hydrogen (secondary N) is 1. The topological polar surface area (TPSA) is 57.7 Å². The highest BCUT2D eigenvalue weighted by molar-refractivity contribution is 5.94. The summed E-state index contributed by atoms with van der Waals surface area (Å²) in [5.74, 6) is 0.644. The molecule has 6 heteroatoms. The van der Waals surface area contributed by atoms with Crippen molar-refractivity contribution in [2.24, 2.45) is 0 Å². The largest absolute Gasteiger partial charge is 0.496 e. The molecular weight excluding hydrogens is 328 g/mol. The second-order valence-corrected chi connectivity index (χ2v) is 6.35. The summed E-state index contributed by atoms with van der Waals surface area (Å²) in [6.07, 6.45) is 3.45. The normalized spacial score (nSPS) is 14.9. The second kappa shape index (κ2) is 8.67. The molecule has 0 radical (unpaired) electrons. The molecule has 1 aromatic heterocycles. The maximum absolute atomic E-state index is 12.5. The molecule has 3 rings (SSSR count). The highest BCUT2D eigenvalue weighted by atomic mass is 16.5. The molecule has 0 spiro atoms. The SMILES string of the molecule is CCN1CCN(c2cncc(C(=O)NCc3ccccc3OC)c2)CC1. The maximum atomic E-state index is 12.5. The number of anilines is 1.